The number of aryl methyl sites for hydroxylation is 1. The van der Waals surface area contributed by atoms with Crippen LogP contribution < -0.4 is 15.8 Å². The number of carbonyl (C=O) groups excluding carboxylic acids is 1. The van der Waals surface area contributed by atoms with Crippen LogP contribution in [0.2, 0.25) is 0 Å². The number of nitrogens with zero attached hydrogens (tertiary/aromatic N) is 2. The van der Waals surface area contributed by atoms with E-state index in [2.05, 4.69) is 15.3 Å². The van der Waals surface area contributed by atoms with Crippen molar-refractivity contribution < 1.29 is 9.53 Å². The number of ether oxygens (including phenoxy) is 1. The van der Waals surface area contributed by atoms with Crippen LogP contribution in [0.5, 0.6) is 11.8 Å². The molecule has 6 nitrogen and oxygen atoms in total. The van der Waals surface area contributed by atoms with Gasteiger partial charge in [-0.25, -0.2) is 9.97 Å². The number of fused-ring (bicyclic) bond motifs is 2. The van der Waals surface area contributed by atoms with Crippen molar-refractivity contribution in [1.29, 1.82) is 0 Å². The van der Waals surface area contributed by atoms with Crippen LogP contribution in [-0.2, 0) is 4.79 Å². The van der Waals surface area contributed by atoms with Gasteiger partial charge in [0.25, 0.3) is 0 Å². The predicted molar refractivity (Wildman–Crippen MR) is 101 cm³/mol. The van der Waals surface area contributed by atoms with Crippen LogP contribution in [0, 0.1) is 24.7 Å². The Bertz CT molecular complexity index is 781. The van der Waals surface area contributed by atoms with Gasteiger partial charge < -0.3 is 15.8 Å². The summed E-state index contributed by atoms with van der Waals surface area (Å²) in [4.78, 5) is 20.9. The number of nitrogens with one attached hydrogen (secondary N) is 1. The van der Waals surface area contributed by atoms with Gasteiger partial charge in [0, 0.05) is 23.6 Å². The van der Waals surface area contributed by atoms with Crippen molar-refractivity contribution in [2.24, 2.45) is 23.5 Å². The minimum atomic E-state index is -0.0598. The number of benzene rings is 1. The molecule has 2 aromatic rings. The van der Waals surface area contributed by atoms with E-state index in [0.717, 1.165) is 24.2 Å². The van der Waals surface area contributed by atoms with E-state index in [1.165, 1.54) is 6.42 Å². The summed E-state index contributed by atoms with van der Waals surface area (Å²) < 4.78 is 5.62. The molecule has 1 amide bonds. The van der Waals surface area contributed by atoms with Crippen LogP contribution >= 0.6 is 12.4 Å². The zero-order valence-corrected chi connectivity index (χ0v) is 15.4. The zero-order valence-electron chi connectivity index (χ0n) is 14.6. The molecular weight excluding hydrogens is 352 g/mol. The Labute approximate surface area is 159 Å². The molecule has 4 unspecified atom stereocenters. The Hall–Kier alpha value is -2.18. The molecule has 1 aromatic carbocycles. The molecule has 26 heavy (non-hydrogen) atoms. The molecule has 1 aromatic heterocycles. The van der Waals surface area contributed by atoms with Gasteiger partial charge in [0.05, 0.1) is 5.92 Å². The largest absolute Gasteiger partial charge is 0.424 e. The number of hydrogen-bond donors (Lipinski definition) is 2. The van der Waals surface area contributed by atoms with Crippen LogP contribution in [-0.4, -0.2) is 21.9 Å². The number of amides is 1. The van der Waals surface area contributed by atoms with E-state index in [9.17, 15) is 4.79 Å². The summed E-state index contributed by atoms with van der Waals surface area (Å²) in [6.45, 7) is 1.88. The molecular formula is C19H23ClN4O2. The smallest absolute Gasteiger partial charge is 0.322 e. The maximum absolute atomic E-state index is 12.6. The monoisotopic (exact) mass is 374 g/mol. The Kier molecular flexibility index (Phi) is 5.44. The molecule has 0 aliphatic heterocycles. The van der Waals surface area contributed by atoms with E-state index in [4.69, 9.17) is 10.5 Å². The van der Waals surface area contributed by atoms with Crippen LogP contribution in [0.15, 0.2) is 36.5 Å². The normalized spacial score (nSPS) is 26.2. The van der Waals surface area contributed by atoms with E-state index in [-0.39, 0.29) is 30.3 Å². The van der Waals surface area contributed by atoms with E-state index in [1.807, 2.05) is 25.1 Å². The Morgan fingerprint density at radius 2 is 1.92 bits per heavy atom. The second-order valence-electron chi connectivity index (χ2n) is 7.03. The highest BCUT2D eigenvalue weighted by Gasteiger charge is 2.49. The van der Waals surface area contributed by atoms with Gasteiger partial charge in [0.15, 0.2) is 0 Å². The minimum Gasteiger partial charge on any atom is -0.424 e. The lowest BCUT2D eigenvalue weighted by molar-refractivity contribution is -0.121. The summed E-state index contributed by atoms with van der Waals surface area (Å²) >= 11 is 0. The molecule has 2 aliphatic carbocycles. The molecule has 7 heteroatoms. The van der Waals surface area contributed by atoms with E-state index >= 15 is 0 Å². The molecule has 2 fully saturated rings. The second kappa shape index (κ2) is 7.60. The summed E-state index contributed by atoms with van der Waals surface area (Å²) in [7, 11) is 0. The summed E-state index contributed by atoms with van der Waals surface area (Å²) in [6, 6.07) is 9.35. The third-order valence-corrected chi connectivity index (χ3v) is 5.39. The highest BCUT2D eigenvalue weighted by Crippen LogP contribution is 2.47. The fourth-order valence-corrected chi connectivity index (χ4v) is 4.14. The minimum absolute atomic E-state index is 0. The average Bonchev–Trinajstić information content (AvgIpc) is 3.18. The summed E-state index contributed by atoms with van der Waals surface area (Å²) in [5.74, 6) is 1.57. The fourth-order valence-electron chi connectivity index (χ4n) is 4.14. The molecule has 2 bridgehead atoms. The van der Waals surface area contributed by atoms with E-state index < -0.39 is 0 Å². The van der Waals surface area contributed by atoms with Gasteiger partial charge in [-0.2, -0.15) is 0 Å². The molecule has 4 atom stereocenters. The molecule has 2 saturated carbocycles. The summed E-state index contributed by atoms with van der Waals surface area (Å²) in [5.41, 5.74) is 7.84. The topological polar surface area (TPSA) is 90.1 Å². The van der Waals surface area contributed by atoms with Crippen LogP contribution in [0.3, 0.4) is 0 Å². The molecule has 0 saturated heterocycles. The first-order valence-electron chi connectivity index (χ1n) is 8.74. The number of anilines is 1. The average molecular weight is 375 g/mol. The van der Waals surface area contributed by atoms with Crippen molar-refractivity contribution in [3.8, 4) is 11.8 Å². The zero-order chi connectivity index (χ0) is 17.4. The van der Waals surface area contributed by atoms with Crippen LogP contribution in [0.25, 0.3) is 0 Å². The summed E-state index contributed by atoms with van der Waals surface area (Å²) in [6.07, 6.45) is 5.05. The van der Waals surface area contributed by atoms with Crippen molar-refractivity contribution in [2.45, 2.75) is 32.2 Å². The highest BCUT2D eigenvalue weighted by atomic mass is 35.5. The Morgan fingerprint density at radius 3 is 2.58 bits per heavy atom. The van der Waals surface area contributed by atoms with Gasteiger partial charge in [-0.3, -0.25) is 4.79 Å². The molecule has 2 aliphatic rings. The number of rotatable bonds is 4. The first-order valence-corrected chi connectivity index (χ1v) is 8.74. The van der Waals surface area contributed by atoms with Gasteiger partial charge >= 0.3 is 6.01 Å². The number of aromatic nitrogens is 2. The standard InChI is InChI=1S/C19H22N4O2.ClH/c1-11-8-9-21-19(22-11)25-15-6-4-14(5-7-15)23-18(24)16-12-2-3-13(10-12)17(16)20;/h4-9,12-13,16-17H,2-3,10,20H2,1H3,(H,23,24);1H. The summed E-state index contributed by atoms with van der Waals surface area (Å²) in [5, 5.41) is 2.99. The van der Waals surface area contributed by atoms with Gasteiger partial charge in [-0.1, -0.05) is 0 Å². The fraction of sp³-hybridized carbons (Fsp3) is 0.421. The van der Waals surface area contributed by atoms with Gasteiger partial charge in [-0.15, -0.1) is 12.4 Å². The first-order chi connectivity index (χ1) is 12.1. The van der Waals surface area contributed by atoms with Crippen molar-refractivity contribution in [1.82, 2.24) is 9.97 Å². The quantitative estimate of drug-likeness (QED) is 0.856. The predicted octanol–water partition coefficient (Wildman–Crippen LogP) is 3.31. The van der Waals surface area contributed by atoms with E-state index in [0.29, 0.717) is 23.6 Å². The molecule has 138 valence electrons. The maximum atomic E-state index is 12.6. The molecule has 3 N–H and O–H groups in total. The third kappa shape index (κ3) is 3.66. The Morgan fingerprint density at radius 1 is 1.19 bits per heavy atom. The Balaban J connectivity index is 0.00000196. The molecule has 0 radical (unpaired) electrons. The lowest BCUT2D eigenvalue weighted by atomic mass is 9.84. The second-order valence-corrected chi connectivity index (χ2v) is 7.03. The molecule has 1 heterocycles. The lowest BCUT2D eigenvalue weighted by Crippen LogP contribution is -2.42. The lowest BCUT2D eigenvalue weighted by Gasteiger charge is -2.27. The van der Waals surface area contributed by atoms with Crippen LogP contribution in [0.4, 0.5) is 5.69 Å². The first kappa shape index (κ1) is 18.6. The number of halogens is 1. The van der Waals surface area contributed by atoms with Crippen molar-refractivity contribution in [2.75, 3.05) is 5.32 Å². The van der Waals surface area contributed by atoms with Crippen molar-refractivity contribution in [3.05, 3.63) is 42.2 Å². The van der Waals surface area contributed by atoms with Crippen LogP contribution in [0.1, 0.15) is 25.0 Å². The SMILES string of the molecule is Cc1ccnc(Oc2ccc(NC(=O)C3C4CCC(C4)C3N)cc2)n1.Cl. The number of nitrogens with two attached hydrogens (primary N) is 1. The molecule has 0 spiro atoms. The van der Waals surface area contributed by atoms with Gasteiger partial charge in [-0.05, 0) is 68.4 Å². The molecule has 4 rings (SSSR count). The van der Waals surface area contributed by atoms with E-state index in [1.54, 1.807) is 18.3 Å². The maximum Gasteiger partial charge on any atom is 0.322 e. The van der Waals surface area contributed by atoms with Gasteiger partial charge in [0.1, 0.15) is 5.75 Å². The highest BCUT2D eigenvalue weighted by molar-refractivity contribution is 5.93. The van der Waals surface area contributed by atoms with Crippen molar-refractivity contribution >= 4 is 24.0 Å². The van der Waals surface area contributed by atoms with Crippen molar-refractivity contribution in [3.63, 3.8) is 0 Å². The number of hydrogen-bond acceptors (Lipinski definition) is 5. The van der Waals surface area contributed by atoms with Gasteiger partial charge in [0.2, 0.25) is 5.91 Å². The third-order valence-electron chi connectivity index (χ3n) is 5.39. The number of carbonyl (C=O) groups is 1.